The third kappa shape index (κ3) is 2.91. The van der Waals surface area contributed by atoms with Crippen LogP contribution in [-0.4, -0.2) is 35.1 Å². The lowest BCUT2D eigenvalue weighted by atomic mass is 9.94. The van der Waals surface area contributed by atoms with Crippen molar-refractivity contribution in [2.45, 2.75) is 45.4 Å². The summed E-state index contributed by atoms with van der Waals surface area (Å²) in [6, 6.07) is 2.08. The topological polar surface area (TPSA) is 62.3 Å². The first-order chi connectivity index (χ1) is 8.69. The Labute approximate surface area is 108 Å². The fraction of sp³-hybridized carbons (Fsp3) is 0.769. The molecule has 0 spiro atoms. The summed E-state index contributed by atoms with van der Waals surface area (Å²) in [5.74, 6) is 0. The molecule has 1 aromatic heterocycles. The van der Waals surface area contributed by atoms with Gasteiger partial charge in [-0.15, -0.1) is 0 Å². The van der Waals surface area contributed by atoms with Gasteiger partial charge in [-0.1, -0.05) is 0 Å². The average Bonchev–Trinajstić information content (AvgIpc) is 2.78. The molecule has 0 unspecified atom stereocenters. The summed E-state index contributed by atoms with van der Waals surface area (Å²) in [5.41, 5.74) is 7.81. The standard InChI is InChI=1S/C13H23N3O2/c1-3-16-12(8-11(2)15-16)9-18-13(10-14)4-6-17-7-5-13/h8H,3-7,9-10,14H2,1-2H3. The number of hydrogen-bond donors (Lipinski definition) is 1. The second kappa shape index (κ2) is 5.82. The third-order valence-electron chi connectivity index (χ3n) is 3.59. The second-order valence-electron chi connectivity index (χ2n) is 4.88. The van der Waals surface area contributed by atoms with E-state index in [9.17, 15) is 0 Å². The summed E-state index contributed by atoms with van der Waals surface area (Å²) < 4.78 is 13.5. The molecule has 1 aromatic rings. The Balaban J connectivity index is 2.00. The van der Waals surface area contributed by atoms with E-state index in [1.807, 2.05) is 11.6 Å². The van der Waals surface area contributed by atoms with Gasteiger partial charge in [0.05, 0.1) is 23.6 Å². The molecular weight excluding hydrogens is 230 g/mol. The second-order valence-corrected chi connectivity index (χ2v) is 4.88. The van der Waals surface area contributed by atoms with Crippen LogP contribution in [0.25, 0.3) is 0 Å². The first-order valence-corrected chi connectivity index (χ1v) is 6.64. The Morgan fingerprint density at radius 1 is 1.50 bits per heavy atom. The largest absolute Gasteiger partial charge is 0.381 e. The van der Waals surface area contributed by atoms with Crippen molar-refractivity contribution in [2.75, 3.05) is 19.8 Å². The normalized spacial score (nSPS) is 19.1. The van der Waals surface area contributed by atoms with E-state index >= 15 is 0 Å². The molecule has 0 aromatic carbocycles. The zero-order chi connectivity index (χ0) is 13.0. The first-order valence-electron chi connectivity index (χ1n) is 6.64. The molecule has 0 radical (unpaired) electrons. The SMILES string of the molecule is CCn1nc(C)cc1COC1(CN)CCOCC1. The van der Waals surface area contributed by atoms with Gasteiger partial charge in [-0.2, -0.15) is 5.10 Å². The summed E-state index contributed by atoms with van der Waals surface area (Å²) >= 11 is 0. The monoisotopic (exact) mass is 253 g/mol. The van der Waals surface area contributed by atoms with Gasteiger partial charge in [0.15, 0.2) is 0 Å². The molecule has 1 aliphatic rings. The van der Waals surface area contributed by atoms with Gasteiger partial charge in [-0.25, -0.2) is 0 Å². The van der Waals surface area contributed by atoms with Crippen molar-refractivity contribution in [3.8, 4) is 0 Å². The van der Waals surface area contributed by atoms with E-state index in [0.717, 1.165) is 44.0 Å². The molecule has 5 nitrogen and oxygen atoms in total. The van der Waals surface area contributed by atoms with E-state index in [1.54, 1.807) is 0 Å². The lowest BCUT2D eigenvalue weighted by Crippen LogP contribution is -2.45. The molecule has 102 valence electrons. The Kier molecular flexibility index (Phi) is 4.37. The molecular formula is C13H23N3O2. The maximum Gasteiger partial charge on any atom is 0.0893 e. The molecule has 0 amide bonds. The summed E-state index contributed by atoms with van der Waals surface area (Å²) in [6.07, 6.45) is 1.76. The molecule has 18 heavy (non-hydrogen) atoms. The minimum absolute atomic E-state index is 0.213. The Bertz CT molecular complexity index is 384. The number of nitrogens with two attached hydrogens (primary N) is 1. The Hall–Kier alpha value is -0.910. The highest BCUT2D eigenvalue weighted by Gasteiger charge is 2.32. The maximum atomic E-state index is 6.10. The van der Waals surface area contributed by atoms with Crippen molar-refractivity contribution in [1.29, 1.82) is 0 Å². The third-order valence-corrected chi connectivity index (χ3v) is 3.59. The van der Waals surface area contributed by atoms with Crippen molar-refractivity contribution < 1.29 is 9.47 Å². The van der Waals surface area contributed by atoms with Gasteiger partial charge in [0.1, 0.15) is 0 Å². The Morgan fingerprint density at radius 2 is 2.22 bits per heavy atom. The molecule has 2 heterocycles. The summed E-state index contributed by atoms with van der Waals surface area (Å²) in [5, 5.41) is 4.42. The number of aromatic nitrogens is 2. The van der Waals surface area contributed by atoms with E-state index in [-0.39, 0.29) is 5.60 Å². The molecule has 0 atom stereocenters. The fourth-order valence-electron chi connectivity index (χ4n) is 2.37. The van der Waals surface area contributed by atoms with Gasteiger partial charge in [0.25, 0.3) is 0 Å². The zero-order valence-electron chi connectivity index (χ0n) is 11.3. The average molecular weight is 253 g/mol. The van der Waals surface area contributed by atoms with Gasteiger partial charge in [0, 0.05) is 39.1 Å². The van der Waals surface area contributed by atoms with E-state index < -0.39 is 0 Å². The first kappa shape index (κ1) is 13.5. The molecule has 2 rings (SSSR count). The minimum atomic E-state index is -0.213. The molecule has 0 bridgehead atoms. The lowest BCUT2D eigenvalue weighted by Gasteiger charge is -2.36. The minimum Gasteiger partial charge on any atom is -0.381 e. The molecule has 1 fully saturated rings. The number of hydrogen-bond acceptors (Lipinski definition) is 4. The summed E-state index contributed by atoms with van der Waals surface area (Å²) in [6.45, 7) is 7.56. The molecule has 5 heteroatoms. The molecule has 0 saturated carbocycles. The van der Waals surface area contributed by atoms with Crippen LogP contribution in [0.1, 0.15) is 31.2 Å². The van der Waals surface area contributed by atoms with Crippen LogP contribution in [0.5, 0.6) is 0 Å². The van der Waals surface area contributed by atoms with E-state index in [1.165, 1.54) is 0 Å². The van der Waals surface area contributed by atoms with E-state index in [0.29, 0.717) is 13.2 Å². The van der Waals surface area contributed by atoms with Crippen LogP contribution in [0.4, 0.5) is 0 Å². The fourth-order valence-corrected chi connectivity index (χ4v) is 2.37. The number of ether oxygens (including phenoxy) is 2. The van der Waals surface area contributed by atoms with Gasteiger partial charge >= 0.3 is 0 Å². The van der Waals surface area contributed by atoms with Crippen LogP contribution >= 0.6 is 0 Å². The molecule has 2 N–H and O–H groups in total. The van der Waals surface area contributed by atoms with Crippen LogP contribution in [0.3, 0.4) is 0 Å². The summed E-state index contributed by atoms with van der Waals surface area (Å²) in [7, 11) is 0. The van der Waals surface area contributed by atoms with Crippen molar-refractivity contribution in [3.63, 3.8) is 0 Å². The molecule has 0 aliphatic carbocycles. The lowest BCUT2D eigenvalue weighted by molar-refractivity contribution is -0.114. The highest BCUT2D eigenvalue weighted by Crippen LogP contribution is 2.25. The van der Waals surface area contributed by atoms with Gasteiger partial charge in [-0.3, -0.25) is 4.68 Å². The number of nitrogens with zero attached hydrogens (tertiary/aromatic N) is 2. The van der Waals surface area contributed by atoms with Gasteiger partial charge in [0.2, 0.25) is 0 Å². The van der Waals surface area contributed by atoms with Crippen LogP contribution < -0.4 is 5.73 Å². The smallest absolute Gasteiger partial charge is 0.0893 e. The number of rotatable bonds is 5. The van der Waals surface area contributed by atoms with E-state index in [2.05, 4.69) is 18.1 Å². The highest BCUT2D eigenvalue weighted by molar-refractivity contribution is 5.08. The number of aryl methyl sites for hydroxylation is 2. The summed E-state index contributed by atoms with van der Waals surface area (Å²) in [4.78, 5) is 0. The predicted octanol–water partition coefficient (Wildman–Crippen LogP) is 1.24. The van der Waals surface area contributed by atoms with Gasteiger partial charge in [-0.05, 0) is 19.9 Å². The van der Waals surface area contributed by atoms with Gasteiger partial charge < -0.3 is 15.2 Å². The maximum absolute atomic E-state index is 6.10. The van der Waals surface area contributed by atoms with Crippen LogP contribution in [0.15, 0.2) is 6.07 Å². The quantitative estimate of drug-likeness (QED) is 0.857. The van der Waals surface area contributed by atoms with Crippen molar-refractivity contribution in [3.05, 3.63) is 17.5 Å². The predicted molar refractivity (Wildman–Crippen MR) is 69.3 cm³/mol. The van der Waals surface area contributed by atoms with Crippen molar-refractivity contribution >= 4 is 0 Å². The van der Waals surface area contributed by atoms with Crippen molar-refractivity contribution in [1.82, 2.24) is 9.78 Å². The van der Waals surface area contributed by atoms with Crippen LogP contribution in [0, 0.1) is 6.92 Å². The zero-order valence-corrected chi connectivity index (χ0v) is 11.3. The highest BCUT2D eigenvalue weighted by atomic mass is 16.5. The Morgan fingerprint density at radius 3 is 2.83 bits per heavy atom. The molecule has 1 saturated heterocycles. The van der Waals surface area contributed by atoms with Crippen LogP contribution in [-0.2, 0) is 22.6 Å². The molecule has 1 aliphatic heterocycles. The van der Waals surface area contributed by atoms with Crippen molar-refractivity contribution in [2.24, 2.45) is 5.73 Å². The van der Waals surface area contributed by atoms with E-state index in [4.69, 9.17) is 15.2 Å². The van der Waals surface area contributed by atoms with Crippen LogP contribution in [0.2, 0.25) is 0 Å².